The number of rotatable bonds is 3. The molecule has 94 valence electrons. The van der Waals surface area contributed by atoms with Gasteiger partial charge in [-0.3, -0.25) is 14.2 Å². The van der Waals surface area contributed by atoms with Crippen molar-refractivity contribution in [2.24, 2.45) is 11.1 Å². The number of nitrogens with zero attached hydrogens (tertiary/aromatic N) is 1. The van der Waals surface area contributed by atoms with Crippen molar-refractivity contribution in [1.29, 1.82) is 0 Å². The number of primary amides is 1. The standard InChI is InChI=1S/C11H17N3O3/c1-11(2,3)6-14-9(16)5-7(4-8(12)15)13-10(14)17/h5H,4,6H2,1-3H3,(H2,12,15)(H,13,17). The SMILES string of the molecule is CC(C)(C)Cn1c(=O)cc(CC(N)=O)[nH]c1=O. The Bertz CT molecular complexity index is 503. The number of amides is 1. The first-order valence-electron chi connectivity index (χ1n) is 5.30. The van der Waals surface area contributed by atoms with E-state index in [0.717, 1.165) is 4.57 Å². The van der Waals surface area contributed by atoms with Gasteiger partial charge in [0, 0.05) is 18.3 Å². The average Bonchev–Trinajstić information content (AvgIpc) is 2.08. The summed E-state index contributed by atoms with van der Waals surface area (Å²) in [4.78, 5) is 36.6. The van der Waals surface area contributed by atoms with Gasteiger partial charge in [-0.2, -0.15) is 0 Å². The normalized spacial score (nSPS) is 11.5. The maximum Gasteiger partial charge on any atom is 0.328 e. The molecule has 0 saturated heterocycles. The molecule has 0 aliphatic carbocycles. The van der Waals surface area contributed by atoms with E-state index in [4.69, 9.17) is 5.73 Å². The lowest BCUT2D eigenvalue weighted by Gasteiger charge is -2.18. The van der Waals surface area contributed by atoms with Gasteiger partial charge in [0.25, 0.3) is 5.56 Å². The number of nitrogens with one attached hydrogen (secondary N) is 1. The van der Waals surface area contributed by atoms with Crippen molar-refractivity contribution in [3.8, 4) is 0 Å². The van der Waals surface area contributed by atoms with Gasteiger partial charge in [-0.05, 0) is 5.41 Å². The van der Waals surface area contributed by atoms with Crippen LogP contribution in [0.5, 0.6) is 0 Å². The van der Waals surface area contributed by atoms with E-state index in [9.17, 15) is 14.4 Å². The van der Waals surface area contributed by atoms with E-state index in [1.165, 1.54) is 6.07 Å². The fourth-order valence-electron chi connectivity index (χ4n) is 1.47. The highest BCUT2D eigenvalue weighted by Gasteiger charge is 2.15. The molecule has 1 rings (SSSR count). The number of aromatic amines is 1. The lowest BCUT2D eigenvalue weighted by Crippen LogP contribution is -2.39. The van der Waals surface area contributed by atoms with Crippen LogP contribution >= 0.6 is 0 Å². The van der Waals surface area contributed by atoms with E-state index in [2.05, 4.69) is 4.98 Å². The van der Waals surface area contributed by atoms with Crippen molar-refractivity contribution < 1.29 is 4.79 Å². The third kappa shape index (κ3) is 3.90. The van der Waals surface area contributed by atoms with Crippen LogP contribution in [-0.2, 0) is 17.8 Å². The van der Waals surface area contributed by atoms with Crippen molar-refractivity contribution in [3.63, 3.8) is 0 Å². The van der Waals surface area contributed by atoms with Gasteiger partial charge < -0.3 is 10.7 Å². The van der Waals surface area contributed by atoms with Crippen molar-refractivity contribution in [1.82, 2.24) is 9.55 Å². The quantitative estimate of drug-likeness (QED) is 0.751. The van der Waals surface area contributed by atoms with Crippen LogP contribution in [0.15, 0.2) is 15.7 Å². The second-order valence-electron chi connectivity index (χ2n) is 5.23. The smallest absolute Gasteiger partial charge is 0.328 e. The molecule has 0 spiro atoms. The monoisotopic (exact) mass is 239 g/mol. The molecule has 0 aliphatic rings. The summed E-state index contributed by atoms with van der Waals surface area (Å²) in [5.41, 5.74) is 4.14. The van der Waals surface area contributed by atoms with Crippen molar-refractivity contribution in [2.45, 2.75) is 33.7 Å². The van der Waals surface area contributed by atoms with E-state index in [-0.39, 0.29) is 17.5 Å². The van der Waals surface area contributed by atoms with Gasteiger partial charge in [0.2, 0.25) is 5.91 Å². The molecule has 0 atom stereocenters. The summed E-state index contributed by atoms with van der Waals surface area (Å²) in [6.07, 6.45) is -0.138. The zero-order valence-electron chi connectivity index (χ0n) is 10.2. The molecule has 1 aromatic heterocycles. The van der Waals surface area contributed by atoms with Gasteiger partial charge in [0.05, 0.1) is 6.42 Å². The van der Waals surface area contributed by atoms with E-state index in [1.54, 1.807) is 0 Å². The number of carbonyl (C=O) groups is 1. The van der Waals surface area contributed by atoms with E-state index >= 15 is 0 Å². The predicted molar refractivity (Wildman–Crippen MR) is 63.7 cm³/mol. The van der Waals surface area contributed by atoms with Crippen LogP contribution in [0.3, 0.4) is 0 Å². The molecule has 1 aromatic rings. The fourth-order valence-corrected chi connectivity index (χ4v) is 1.47. The van der Waals surface area contributed by atoms with E-state index in [1.807, 2.05) is 20.8 Å². The molecule has 1 amide bonds. The molecule has 0 aromatic carbocycles. The van der Waals surface area contributed by atoms with Crippen LogP contribution in [-0.4, -0.2) is 15.5 Å². The summed E-state index contributed by atoms with van der Waals surface area (Å²) in [5, 5.41) is 0. The van der Waals surface area contributed by atoms with Gasteiger partial charge in [-0.1, -0.05) is 20.8 Å². The highest BCUT2D eigenvalue weighted by atomic mass is 16.2. The summed E-state index contributed by atoms with van der Waals surface area (Å²) in [5.74, 6) is -0.589. The largest absolute Gasteiger partial charge is 0.369 e. The Morgan fingerprint density at radius 1 is 1.41 bits per heavy atom. The minimum Gasteiger partial charge on any atom is -0.369 e. The minimum absolute atomic E-state index is 0.138. The Morgan fingerprint density at radius 3 is 2.41 bits per heavy atom. The topological polar surface area (TPSA) is 97.9 Å². The number of hydrogen-bond donors (Lipinski definition) is 2. The number of H-pyrrole nitrogens is 1. The van der Waals surface area contributed by atoms with Crippen molar-refractivity contribution in [3.05, 3.63) is 32.6 Å². The zero-order chi connectivity index (χ0) is 13.2. The van der Waals surface area contributed by atoms with Crippen LogP contribution in [0.25, 0.3) is 0 Å². The van der Waals surface area contributed by atoms with Gasteiger partial charge in [0.1, 0.15) is 0 Å². The number of nitrogens with two attached hydrogens (primary N) is 1. The second-order valence-corrected chi connectivity index (χ2v) is 5.23. The molecular weight excluding hydrogens is 222 g/mol. The van der Waals surface area contributed by atoms with Crippen LogP contribution in [0, 0.1) is 5.41 Å². The van der Waals surface area contributed by atoms with Gasteiger partial charge in [-0.25, -0.2) is 4.79 Å². The Hall–Kier alpha value is -1.85. The Balaban J connectivity index is 3.16. The molecule has 3 N–H and O–H groups in total. The lowest BCUT2D eigenvalue weighted by molar-refractivity contribution is -0.117. The van der Waals surface area contributed by atoms with Crippen LogP contribution in [0.2, 0.25) is 0 Å². The molecule has 6 nitrogen and oxygen atoms in total. The Labute approximate surface area is 98.5 Å². The second kappa shape index (κ2) is 4.57. The third-order valence-electron chi connectivity index (χ3n) is 2.07. The first-order chi connectivity index (χ1) is 7.69. The van der Waals surface area contributed by atoms with Crippen LogP contribution in [0.1, 0.15) is 26.5 Å². The molecule has 0 radical (unpaired) electrons. The molecule has 17 heavy (non-hydrogen) atoms. The van der Waals surface area contributed by atoms with Gasteiger partial charge in [0.15, 0.2) is 0 Å². The maximum atomic E-state index is 11.7. The van der Waals surface area contributed by atoms with Crippen molar-refractivity contribution >= 4 is 5.91 Å². The van der Waals surface area contributed by atoms with E-state index < -0.39 is 17.2 Å². The summed E-state index contributed by atoms with van der Waals surface area (Å²) in [6, 6.07) is 1.23. The molecular formula is C11H17N3O3. The van der Waals surface area contributed by atoms with Crippen molar-refractivity contribution in [2.75, 3.05) is 0 Å². The molecule has 0 bridgehead atoms. The maximum absolute atomic E-state index is 11.7. The minimum atomic E-state index is -0.589. The summed E-state index contributed by atoms with van der Waals surface area (Å²) >= 11 is 0. The predicted octanol–water partition coefficient (Wildman–Crippen LogP) is -0.389. The molecule has 0 unspecified atom stereocenters. The Kier molecular flexibility index (Phi) is 3.55. The fraction of sp³-hybridized carbons (Fsp3) is 0.545. The highest BCUT2D eigenvalue weighted by molar-refractivity contribution is 5.75. The number of carbonyl (C=O) groups excluding carboxylic acids is 1. The molecule has 6 heteroatoms. The number of aromatic nitrogens is 2. The van der Waals surface area contributed by atoms with E-state index in [0.29, 0.717) is 6.54 Å². The first-order valence-corrected chi connectivity index (χ1v) is 5.30. The molecule has 1 heterocycles. The summed E-state index contributed by atoms with van der Waals surface area (Å²) in [6.45, 7) is 6.10. The Morgan fingerprint density at radius 2 is 2.00 bits per heavy atom. The number of hydrogen-bond acceptors (Lipinski definition) is 3. The third-order valence-corrected chi connectivity index (χ3v) is 2.07. The van der Waals surface area contributed by atoms with Crippen LogP contribution in [0.4, 0.5) is 0 Å². The zero-order valence-corrected chi connectivity index (χ0v) is 10.2. The van der Waals surface area contributed by atoms with Gasteiger partial charge >= 0.3 is 5.69 Å². The summed E-state index contributed by atoms with van der Waals surface area (Å²) < 4.78 is 1.12. The summed E-state index contributed by atoms with van der Waals surface area (Å²) in [7, 11) is 0. The van der Waals surface area contributed by atoms with Gasteiger partial charge in [-0.15, -0.1) is 0 Å². The molecule has 0 fully saturated rings. The lowest BCUT2D eigenvalue weighted by atomic mass is 9.97. The average molecular weight is 239 g/mol. The highest BCUT2D eigenvalue weighted by Crippen LogP contribution is 2.13. The molecule has 0 aliphatic heterocycles. The molecule has 0 saturated carbocycles. The first kappa shape index (κ1) is 13.2. The van der Waals surface area contributed by atoms with Crippen LogP contribution < -0.4 is 17.0 Å².